The standard InChI is InChI=1S/C20H24N2O2/c1-15-12-22(13-16(2)21-15)20(23)18-8-10-19(11-9-18)24-14-17-6-4-3-5-7-17/h3-11,15-16,21H,12-14H2,1-2H3. The molecular formula is C20H24N2O2. The Hall–Kier alpha value is -2.33. The van der Waals surface area contributed by atoms with Crippen molar-refractivity contribution in [2.24, 2.45) is 0 Å². The third kappa shape index (κ3) is 4.15. The summed E-state index contributed by atoms with van der Waals surface area (Å²) in [4.78, 5) is 14.6. The molecule has 4 heteroatoms. The van der Waals surface area contributed by atoms with Gasteiger partial charge in [0.05, 0.1) is 0 Å². The number of carbonyl (C=O) groups is 1. The average molecular weight is 324 g/mol. The Bertz CT molecular complexity index is 660. The maximum Gasteiger partial charge on any atom is 0.253 e. The molecule has 2 unspecified atom stereocenters. The van der Waals surface area contributed by atoms with E-state index in [4.69, 9.17) is 4.74 Å². The third-order valence-electron chi connectivity index (χ3n) is 4.19. The SMILES string of the molecule is CC1CN(C(=O)c2ccc(OCc3ccccc3)cc2)CC(C)N1. The van der Waals surface area contributed by atoms with Crippen molar-refractivity contribution in [1.29, 1.82) is 0 Å². The topological polar surface area (TPSA) is 41.6 Å². The van der Waals surface area contributed by atoms with Crippen LogP contribution >= 0.6 is 0 Å². The van der Waals surface area contributed by atoms with Crippen molar-refractivity contribution in [1.82, 2.24) is 10.2 Å². The molecule has 1 saturated heterocycles. The van der Waals surface area contributed by atoms with E-state index < -0.39 is 0 Å². The Balaban J connectivity index is 1.60. The minimum atomic E-state index is 0.0878. The van der Waals surface area contributed by atoms with Gasteiger partial charge < -0.3 is 15.0 Å². The maximum atomic E-state index is 12.6. The summed E-state index contributed by atoms with van der Waals surface area (Å²) < 4.78 is 5.77. The molecule has 1 aliphatic rings. The highest BCUT2D eigenvalue weighted by molar-refractivity contribution is 5.94. The van der Waals surface area contributed by atoms with Crippen molar-refractivity contribution in [2.45, 2.75) is 32.5 Å². The minimum absolute atomic E-state index is 0.0878. The molecule has 2 aromatic rings. The molecule has 0 aliphatic carbocycles. The van der Waals surface area contributed by atoms with Crippen molar-refractivity contribution in [2.75, 3.05) is 13.1 Å². The van der Waals surface area contributed by atoms with E-state index in [2.05, 4.69) is 19.2 Å². The lowest BCUT2D eigenvalue weighted by Crippen LogP contribution is -2.55. The molecule has 1 heterocycles. The Morgan fingerprint density at radius 2 is 1.67 bits per heavy atom. The fourth-order valence-electron chi connectivity index (χ4n) is 3.11. The number of rotatable bonds is 4. The van der Waals surface area contributed by atoms with Gasteiger partial charge in [-0.15, -0.1) is 0 Å². The van der Waals surface area contributed by atoms with Gasteiger partial charge in [-0.2, -0.15) is 0 Å². The molecule has 0 saturated carbocycles. The highest BCUT2D eigenvalue weighted by Crippen LogP contribution is 2.17. The number of nitrogens with one attached hydrogen (secondary N) is 1. The molecular weight excluding hydrogens is 300 g/mol. The smallest absolute Gasteiger partial charge is 0.253 e. The maximum absolute atomic E-state index is 12.6. The van der Waals surface area contributed by atoms with E-state index >= 15 is 0 Å². The van der Waals surface area contributed by atoms with Crippen LogP contribution in [0.4, 0.5) is 0 Å². The zero-order chi connectivity index (χ0) is 16.9. The highest BCUT2D eigenvalue weighted by atomic mass is 16.5. The van der Waals surface area contributed by atoms with Gasteiger partial charge in [0.1, 0.15) is 12.4 Å². The molecule has 1 amide bonds. The number of benzene rings is 2. The molecule has 1 fully saturated rings. The van der Waals surface area contributed by atoms with E-state index in [0.717, 1.165) is 24.4 Å². The zero-order valence-electron chi connectivity index (χ0n) is 14.2. The van der Waals surface area contributed by atoms with Gasteiger partial charge in [-0.1, -0.05) is 30.3 Å². The van der Waals surface area contributed by atoms with Crippen molar-refractivity contribution >= 4 is 5.91 Å². The van der Waals surface area contributed by atoms with Crippen LogP contribution in [0.1, 0.15) is 29.8 Å². The predicted octanol–water partition coefficient (Wildman–Crippen LogP) is 3.09. The first-order valence-electron chi connectivity index (χ1n) is 8.44. The van der Waals surface area contributed by atoms with Crippen LogP contribution in [-0.2, 0) is 6.61 Å². The summed E-state index contributed by atoms with van der Waals surface area (Å²) >= 11 is 0. The molecule has 0 spiro atoms. The van der Waals surface area contributed by atoms with Crippen LogP contribution in [0.5, 0.6) is 5.75 Å². The second-order valence-electron chi connectivity index (χ2n) is 6.48. The largest absolute Gasteiger partial charge is 0.489 e. The van der Waals surface area contributed by atoms with Crippen LogP contribution in [0.15, 0.2) is 54.6 Å². The van der Waals surface area contributed by atoms with Crippen LogP contribution < -0.4 is 10.1 Å². The molecule has 3 rings (SSSR count). The molecule has 1 aliphatic heterocycles. The van der Waals surface area contributed by atoms with Crippen LogP contribution in [0.25, 0.3) is 0 Å². The average Bonchev–Trinajstić information content (AvgIpc) is 2.60. The first-order valence-corrected chi connectivity index (χ1v) is 8.44. The Kier molecular flexibility index (Phi) is 5.16. The molecule has 1 N–H and O–H groups in total. The Morgan fingerprint density at radius 3 is 2.29 bits per heavy atom. The summed E-state index contributed by atoms with van der Waals surface area (Å²) in [6.45, 7) is 6.23. The lowest BCUT2D eigenvalue weighted by atomic mass is 10.1. The number of ether oxygens (including phenoxy) is 1. The number of carbonyl (C=O) groups excluding carboxylic acids is 1. The van der Waals surface area contributed by atoms with E-state index in [1.807, 2.05) is 59.5 Å². The van der Waals surface area contributed by atoms with Gasteiger partial charge in [-0.3, -0.25) is 4.79 Å². The number of piperazine rings is 1. The first kappa shape index (κ1) is 16.5. The van der Waals surface area contributed by atoms with Crippen LogP contribution in [0.3, 0.4) is 0 Å². The molecule has 2 atom stereocenters. The summed E-state index contributed by atoms with van der Waals surface area (Å²) in [5.74, 6) is 0.863. The fourth-order valence-corrected chi connectivity index (χ4v) is 3.11. The molecule has 2 aromatic carbocycles. The number of hydrogen-bond donors (Lipinski definition) is 1. The van der Waals surface area contributed by atoms with Crippen LogP contribution in [0, 0.1) is 0 Å². The minimum Gasteiger partial charge on any atom is -0.489 e. The van der Waals surface area contributed by atoms with E-state index in [0.29, 0.717) is 24.3 Å². The second-order valence-corrected chi connectivity index (χ2v) is 6.48. The van der Waals surface area contributed by atoms with Gasteiger partial charge in [0.2, 0.25) is 0 Å². The molecule has 24 heavy (non-hydrogen) atoms. The fraction of sp³-hybridized carbons (Fsp3) is 0.350. The summed E-state index contributed by atoms with van der Waals surface area (Å²) in [6, 6.07) is 18.1. The van der Waals surface area contributed by atoms with Gasteiger partial charge in [0.15, 0.2) is 0 Å². The monoisotopic (exact) mass is 324 g/mol. The lowest BCUT2D eigenvalue weighted by molar-refractivity contribution is 0.0673. The van der Waals surface area contributed by atoms with Crippen molar-refractivity contribution < 1.29 is 9.53 Å². The third-order valence-corrected chi connectivity index (χ3v) is 4.19. The van der Waals surface area contributed by atoms with Gasteiger partial charge in [0.25, 0.3) is 5.91 Å². The van der Waals surface area contributed by atoms with Gasteiger partial charge in [0, 0.05) is 30.7 Å². The van der Waals surface area contributed by atoms with E-state index in [1.54, 1.807) is 0 Å². The quantitative estimate of drug-likeness (QED) is 0.940. The van der Waals surface area contributed by atoms with Gasteiger partial charge >= 0.3 is 0 Å². The van der Waals surface area contributed by atoms with E-state index in [9.17, 15) is 4.79 Å². The summed E-state index contributed by atoms with van der Waals surface area (Å²) in [7, 11) is 0. The second kappa shape index (κ2) is 7.49. The van der Waals surface area contributed by atoms with Crippen molar-refractivity contribution in [3.63, 3.8) is 0 Å². The summed E-state index contributed by atoms with van der Waals surface area (Å²) in [5.41, 5.74) is 1.84. The normalized spacial score (nSPS) is 20.7. The van der Waals surface area contributed by atoms with Gasteiger partial charge in [-0.25, -0.2) is 0 Å². The number of amides is 1. The highest BCUT2D eigenvalue weighted by Gasteiger charge is 2.25. The van der Waals surface area contributed by atoms with Crippen molar-refractivity contribution in [3.05, 3.63) is 65.7 Å². The van der Waals surface area contributed by atoms with Crippen LogP contribution in [-0.4, -0.2) is 36.0 Å². The molecule has 0 radical (unpaired) electrons. The zero-order valence-corrected chi connectivity index (χ0v) is 14.2. The Morgan fingerprint density at radius 1 is 1.04 bits per heavy atom. The van der Waals surface area contributed by atoms with E-state index in [-0.39, 0.29) is 5.91 Å². The molecule has 126 valence electrons. The summed E-state index contributed by atoms with van der Waals surface area (Å²) in [6.07, 6.45) is 0. The van der Waals surface area contributed by atoms with Crippen molar-refractivity contribution in [3.8, 4) is 5.75 Å². The molecule has 0 bridgehead atoms. The summed E-state index contributed by atoms with van der Waals surface area (Å²) in [5, 5.41) is 3.44. The lowest BCUT2D eigenvalue weighted by Gasteiger charge is -2.36. The number of hydrogen-bond acceptors (Lipinski definition) is 3. The van der Waals surface area contributed by atoms with Crippen LogP contribution in [0.2, 0.25) is 0 Å². The Labute approximate surface area is 143 Å². The number of nitrogens with zero attached hydrogens (tertiary/aromatic N) is 1. The molecule has 0 aromatic heterocycles. The van der Waals surface area contributed by atoms with Gasteiger partial charge in [-0.05, 0) is 43.7 Å². The predicted molar refractivity (Wildman–Crippen MR) is 95.2 cm³/mol. The first-order chi connectivity index (χ1) is 11.6. The molecule has 4 nitrogen and oxygen atoms in total. The van der Waals surface area contributed by atoms with E-state index in [1.165, 1.54) is 0 Å².